The second-order valence-corrected chi connectivity index (χ2v) is 7.84. The van der Waals surface area contributed by atoms with Crippen LogP contribution in [0.1, 0.15) is 5.56 Å². The molecule has 0 bridgehead atoms. The van der Waals surface area contributed by atoms with Crippen LogP contribution in [0.5, 0.6) is 0 Å². The van der Waals surface area contributed by atoms with Crippen molar-refractivity contribution >= 4 is 49.7 Å². The van der Waals surface area contributed by atoms with E-state index in [4.69, 9.17) is 28.9 Å². The number of nitrogen functional groups attached to an aromatic ring is 1. The van der Waals surface area contributed by atoms with Crippen LogP contribution < -0.4 is 10.5 Å². The van der Waals surface area contributed by atoms with Gasteiger partial charge in [-0.05, 0) is 29.8 Å². The fraction of sp³-hybridized carbons (Fsp3) is 0.0588. The lowest BCUT2D eigenvalue weighted by Gasteiger charge is -2.11. The molecule has 0 aliphatic carbocycles. The van der Waals surface area contributed by atoms with Gasteiger partial charge in [-0.3, -0.25) is 0 Å². The van der Waals surface area contributed by atoms with Gasteiger partial charge in [0.2, 0.25) is 10.0 Å². The number of hydrogen-bond acceptors (Lipinski definition) is 3. The van der Waals surface area contributed by atoms with Crippen molar-refractivity contribution in [2.75, 3.05) is 5.73 Å². The summed E-state index contributed by atoms with van der Waals surface area (Å²) in [7, 11) is -3.73. The van der Waals surface area contributed by atoms with E-state index in [0.29, 0.717) is 32.1 Å². The van der Waals surface area contributed by atoms with E-state index in [2.05, 4.69) is 4.72 Å². The number of benzene rings is 3. The van der Waals surface area contributed by atoms with Gasteiger partial charge >= 0.3 is 0 Å². The monoisotopic (exact) mass is 380 g/mol. The number of sulfonamides is 1. The highest BCUT2D eigenvalue weighted by Crippen LogP contribution is 2.27. The van der Waals surface area contributed by atoms with Crippen molar-refractivity contribution < 1.29 is 8.42 Å². The SMILES string of the molecule is Nc1cccc2c(S(=O)(=O)NCc3ccc(Cl)cc3Cl)cccc12. The summed E-state index contributed by atoms with van der Waals surface area (Å²) in [4.78, 5) is 0.178. The fourth-order valence-corrected chi connectivity index (χ4v) is 4.16. The normalized spacial score (nSPS) is 11.8. The minimum Gasteiger partial charge on any atom is -0.398 e. The molecule has 0 aliphatic rings. The zero-order valence-electron chi connectivity index (χ0n) is 12.5. The molecule has 0 unspecified atom stereocenters. The Kier molecular flexibility index (Phi) is 4.69. The lowest BCUT2D eigenvalue weighted by atomic mass is 10.1. The minimum atomic E-state index is -3.73. The van der Waals surface area contributed by atoms with Gasteiger partial charge in [-0.1, -0.05) is 53.5 Å². The van der Waals surface area contributed by atoms with Crippen LogP contribution in [-0.2, 0) is 16.6 Å². The largest absolute Gasteiger partial charge is 0.398 e. The van der Waals surface area contributed by atoms with Crippen LogP contribution in [0.4, 0.5) is 5.69 Å². The van der Waals surface area contributed by atoms with Gasteiger partial charge in [0, 0.05) is 33.0 Å². The average Bonchev–Trinajstić information content (AvgIpc) is 2.54. The first kappa shape index (κ1) is 17.0. The number of hydrogen-bond donors (Lipinski definition) is 2. The van der Waals surface area contributed by atoms with Gasteiger partial charge < -0.3 is 5.73 Å². The Morgan fingerprint density at radius 2 is 1.67 bits per heavy atom. The smallest absolute Gasteiger partial charge is 0.241 e. The summed E-state index contributed by atoms with van der Waals surface area (Å²) in [5.41, 5.74) is 7.10. The van der Waals surface area contributed by atoms with E-state index in [1.54, 1.807) is 54.6 Å². The fourth-order valence-electron chi connectivity index (χ4n) is 2.46. The predicted octanol–water partition coefficient (Wildman–Crippen LogP) is 4.21. The third-order valence-electron chi connectivity index (χ3n) is 3.67. The Hall–Kier alpha value is -1.79. The van der Waals surface area contributed by atoms with Gasteiger partial charge in [-0.15, -0.1) is 0 Å². The quantitative estimate of drug-likeness (QED) is 0.665. The molecule has 0 saturated carbocycles. The maximum Gasteiger partial charge on any atom is 0.241 e. The first-order valence-electron chi connectivity index (χ1n) is 7.09. The molecule has 3 aromatic carbocycles. The first-order chi connectivity index (χ1) is 11.4. The number of rotatable bonds is 4. The molecule has 0 atom stereocenters. The van der Waals surface area contributed by atoms with Crippen LogP contribution in [0.2, 0.25) is 10.0 Å². The van der Waals surface area contributed by atoms with Crippen molar-refractivity contribution in [3.63, 3.8) is 0 Å². The van der Waals surface area contributed by atoms with Gasteiger partial charge in [0.15, 0.2) is 0 Å². The third-order valence-corrected chi connectivity index (χ3v) is 5.72. The van der Waals surface area contributed by atoms with Crippen molar-refractivity contribution in [1.29, 1.82) is 0 Å². The van der Waals surface area contributed by atoms with Crippen molar-refractivity contribution in [3.05, 3.63) is 70.2 Å². The maximum atomic E-state index is 12.7. The molecule has 0 aliphatic heterocycles. The summed E-state index contributed by atoms with van der Waals surface area (Å²) < 4.78 is 27.9. The lowest BCUT2D eigenvalue weighted by Crippen LogP contribution is -2.23. The summed E-state index contributed by atoms with van der Waals surface area (Å²) in [5, 5.41) is 2.18. The Labute approximate surface area is 150 Å². The minimum absolute atomic E-state index is 0.0665. The standard InChI is InChI=1S/C17H14Cl2N2O2S/c18-12-8-7-11(15(19)9-12)10-21-24(22,23)17-6-2-3-13-14(17)4-1-5-16(13)20/h1-9,21H,10,20H2. The van der Waals surface area contributed by atoms with E-state index < -0.39 is 10.0 Å². The highest BCUT2D eigenvalue weighted by Gasteiger charge is 2.18. The Morgan fingerprint density at radius 1 is 0.958 bits per heavy atom. The summed E-state index contributed by atoms with van der Waals surface area (Å²) in [6.07, 6.45) is 0. The van der Waals surface area contributed by atoms with E-state index in [0.717, 1.165) is 0 Å². The molecule has 3 aromatic rings. The van der Waals surface area contributed by atoms with Crippen molar-refractivity contribution in [3.8, 4) is 0 Å². The topological polar surface area (TPSA) is 72.2 Å². The highest BCUT2D eigenvalue weighted by molar-refractivity contribution is 7.89. The molecule has 124 valence electrons. The number of nitrogens with two attached hydrogens (primary N) is 1. The van der Waals surface area contributed by atoms with Gasteiger partial charge in [0.05, 0.1) is 4.90 Å². The average molecular weight is 381 g/mol. The van der Waals surface area contributed by atoms with Crippen molar-refractivity contribution in [2.45, 2.75) is 11.4 Å². The molecule has 0 radical (unpaired) electrons. The van der Waals surface area contributed by atoms with Crippen molar-refractivity contribution in [1.82, 2.24) is 4.72 Å². The van der Waals surface area contributed by atoms with Crippen LogP contribution in [0, 0.1) is 0 Å². The second kappa shape index (κ2) is 6.61. The van der Waals surface area contributed by atoms with Crippen LogP contribution >= 0.6 is 23.2 Å². The van der Waals surface area contributed by atoms with Crippen LogP contribution in [0.3, 0.4) is 0 Å². The van der Waals surface area contributed by atoms with Gasteiger partial charge in [-0.25, -0.2) is 13.1 Å². The molecule has 24 heavy (non-hydrogen) atoms. The molecule has 0 amide bonds. The molecular formula is C17H14Cl2N2O2S. The number of fused-ring (bicyclic) bond motifs is 1. The van der Waals surface area contributed by atoms with Gasteiger partial charge in [-0.2, -0.15) is 0 Å². The summed E-state index contributed by atoms with van der Waals surface area (Å²) >= 11 is 11.9. The molecule has 0 heterocycles. The summed E-state index contributed by atoms with van der Waals surface area (Å²) in [6.45, 7) is 0.0665. The van der Waals surface area contributed by atoms with E-state index in [1.807, 2.05) is 0 Å². The maximum absolute atomic E-state index is 12.7. The number of halogens is 2. The lowest BCUT2D eigenvalue weighted by molar-refractivity contribution is 0.582. The molecule has 0 saturated heterocycles. The molecule has 0 spiro atoms. The Balaban J connectivity index is 1.95. The highest BCUT2D eigenvalue weighted by atomic mass is 35.5. The van der Waals surface area contributed by atoms with Gasteiger partial charge in [0.25, 0.3) is 0 Å². The Bertz CT molecular complexity index is 1020. The molecular weight excluding hydrogens is 367 g/mol. The molecule has 0 aromatic heterocycles. The molecule has 7 heteroatoms. The van der Waals surface area contributed by atoms with Crippen molar-refractivity contribution in [2.24, 2.45) is 0 Å². The second-order valence-electron chi connectivity index (χ2n) is 5.26. The number of nitrogens with one attached hydrogen (secondary N) is 1. The van der Waals surface area contributed by atoms with E-state index in [-0.39, 0.29) is 11.4 Å². The van der Waals surface area contributed by atoms with Crippen LogP contribution in [0.15, 0.2) is 59.5 Å². The molecule has 0 fully saturated rings. The zero-order chi connectivity index (χ0) is 17.3. The molecule has 4 nitrogen and oxygen atoms in total. The summed E-state index contributed by atoms with van der Waals surface area (Å²) in [6, 6.07) is 15.1. The Morgan fingerprint density at radius 3 is 2.42 bits per heavy atom. The predicted molar refractivity (Wildman–Crippen MR) is 98.8 cm³/mol. The van der Waals surface area contributed by atoms with Crippen LogP contribution in [0.25, 0.3) is 10.8 Å². The molecule has 3 N–H and O–H groups in total. The zero-order valence-corrected chi connectivity index (χ0v) is 14.8. The number of anilines is 1. The van der Waals surface area contributed by atoms with E-state index >= 15 is 0 Å². The van der Waals surface area contributed by atoms with E-state index in [1.165, 1.54) is 0 Å². The third kappa shape index (κ3) is 3.35. The summed E-state index contributed by atoms with van der Waals surface area (Å²) in [5.74, 6) is 0. The van der Waals surface area contributed by atoms with Gasteiger partial charge in [0.1, 0.15) is 0 Å². The van der Waals surface area contributed by atoms with Crippen LogP contribution in [-0.4, -0.2) is 8.42 Å². The van der Waals surface area contributed by atoms with E-state index in [9.17, 15) is 8.42 Å². The first-order valence-corrected chi connectivity index (χ1v) is 9.33. The molecule has 3 rings (SSSR count).